The average Bonchev–Trinajstić information content (AvgIpc) is 2.76. The number of hydrogen-bond acceptors (Lipinski definition) is 6. The maximum atomic E-state index is 12.3. The van der Waals surface area contributed by atoms with Crippen LogP contribution in [0.2, 0.25) is 5.02 Å². The molecule has 11 heteroatoms. The quantitative estimate of drug-likeness (QED) is 0.842. The lowest BCUT2D eigenvalue weighted by atomic mass is 10.1. The second-order valence-corrected chi connectivity index (χ2v) is 6.18. The van der Waals surface area contributed by atoms with Gasteiger partial charge in [-0.1, -0.05) is 16.7 Å². The molecule has 2 rings (SSSR count). The van der Waals surface area contributed by atoms with Crippen molar-refractivity contribution in [2.45, 2.75) is 11.8 Å². The summed E-state index contributed by atoms with van der Waals surface area (Å²) in [7, 11) is -2.62. The van der Waals surface area contributed by atoms with E-state index in [4.69, 9.17) is 16.7 Å². The number of nitrogens with zero attached hydrogens (tertiary/aromatic N) is 4. The third-order valence-corrected chi connectivity index (χ3v) is 4.25. The molecule has 112 valence electrons. The number of aryl methyl sites for hydroxylation is 1. The zero-order valence-electron chi connectivity index (χ0n) is 10.9. The summed E-state index contributed by atoms with van der Waals surface area (Å²) in [6, 6.07) is 2.33. The number of hydrogen-bond donors (Lipinski definition) is 2. The first-order valence-corrected chi connectivity index (χ1v) is 7.37. The highest BCUT2D eigenvalue weighted by atomic mass is 35.5. The second kappa shape index (κ2) is 5.30. The molecule has 9 nitrogen and oxygen atoms in total. The summed E-state index contributed by atoms with van der Waals surface area (Å²) in [4.78, 5) is 11.9. The molecular weight excluding hydrogens is 322 g/mol. The monoisotopic (exact) mass is 331 g/mol. The van der Waals surface area contributed by atoms with Crippen molar-refractivity contribution in [3.05, 3.63) is 28.3 Å². The zero-order chi connectivity index (χ0) is 15.8. The van der Waals surface area contributed by atoms with Crippen molar-refractivity contribution in [2.24, 2.45) is 7.05 Å². The topological polar surface area (TPSA) is 127 Å². The van der Waals surface area contributed by atoms with Crippen LogP contribution in [0.15, 0.2) is 17.0 Å². The van der Waals surface area contributed by atoms with Crippen LogP contribution in [-0.2, 0) is 17.1 Å². The van der Waals surface area contributed by atoms with Crippen LogP contribution in [0.25, 0.3) is 0 Å². The van der Waals surface area contributed by atoms with Crippen LogP contribution in [-0.4, -0.2) is 39.7 Å². The van der Waals surface area contributed by atoms with E-state index in [-0.39, 0.29) is 27.0 Å². The summed E-state index contributed by atoms with van der Waals surface area (Å²) < 4.78 is 26.7. The second-order valence-electron chi connectivity index (χ2n) is 4.09. The number of benzene rings is 1. The molecule has 0 saturated heterocycles. The Bertz CT molecular complexity index is 817. The van der Waals surface area contributed by atoms with E-state index in [0.29, 0.717) is 0 Å². The largest absolute Gasteiger partial charge is 0.478 e. The fourth-order valence-corrected chi connectivity index (χ4v) is 3.17. The third kappa shape index (κ3) is 3.11. The standard InChI is InChI=1S/C10H10ClN5O4S/c1-5-7(9(17)18)3-6(11)4-8(5)21(19,20)14-10-12-15-16(2)13-10/h3-4H,1-2H3,(H,13,14)(H,17,18). The highest BCUT2D eigenvalue weighted by Crippen LogP contribution is 2.25. The lowest BCUT2D eigenvalue weighted by Crippen LogP contribution is -2.17. The molecular formula is C10H10ClN5O4S. The van der Waals surface area contributed by atoms with Gasteiger partial charge < -0.3 is 5.11 Å². The Morgan fingerprint density at radius 1 is 1.43 bits per heavy atom. The summed E-state index contributed by atoms with van der Waals surface area (Å²) in [6.45, 7) is 1.37. The van der Waals surface area contributed by atoms with Gasteiger partial charge in [0, 0.05) is 5.02 Å². The molecule has 0 aliphatic rings. The molecule has 0 radical (unpaired) electrons. The fourth-order valence-electron chi connectivity index (χ4n) is 1.66. The van der Waals surface area contributed by atoms with Crippen LogP contribution in [0.4, 0.5) is 5.95 Å². The Morgan fingerprint density at radius 2 is 2.10 bits per heavy atom. The van der Waals surface area contributed by atoms with E-state index < -0.39 is 16.0 Å². The van der Waals surface area contributed by atoms with E-state index in [2.05, 4.69) is 20.1 Å². The third-order valence-electron chi connectivity index (χ3n) is 2.58. The van der Waals surface area contributed by atoms with Crippen molar-refractivity contribution in [3.8, 4) is 0 Å². The molecule has 2 aromatic rings. The predicted molar refractivity (Wildman–Crippen MR) is 72.8 cm³/mol. The molecule has 0 saturated carbocycles. The predicted octanol–water partition coefficient (Wildman–Crippen LogP) is 0.671. The van der Waals surface area contributed by atoms with Crippen LogP contribution in [0.1, 0.15) is 15.9 Å². The van der Waals surface area contributed by atoms with Gasteiger partial charge >= 0.3 is 5.97 Å². The van der Waals surface area contributed by atoms with Gasteiger partial charge in [0.2, 0.25) is 0 Å². The molecule has 0 bridgehead atoms. The van der Waals surface area contributed by atoms with Crippen molar-refractivity contribution in [1.82, 2.24) is 20.2 Å². The number of aromatic nitrogens is 4. The molecule has 21 heavy (non-hydrogen) atoms. The van der Waals surface area contributed by atoms with Gasteiger partial charge in [0.25, 0.3) is 16.0 Å². The Kier molecular flexibility index (Phi) is 3.83. The molecule has 1 aromatic carbocycles. The highest BCUT2D eigenvalue weighted by Gasteiger charge is 2.23. The van der Waals surface area contributed by atoms with Gasteiger partial charge in [-0.15, -0.1) is 5.10 Å². The lowest BCUT2D eigenvalue weighted by Gasteiger charge is -2.10. The first-order valence-electron chi connectivity index (χ1n) is 5.51. The number of sulfonamides is 1. The normalized spacial score (nSPS) is 11.4. The smallest absolute Gasteiger partial charge is 0.336 e. The SMILES string of the molecule is Cc1c(C(=O)O)cc(Cl)cc1S(=O)(=O)Nc1nnn(C)n1. The van der Waals surface area contributed by atoms with Crippen LogP contribution in [0, 0.1) is 6.92 Å². The van der Waals surface area contributed by atoms with Gasteiger partial charge in [-0.25, -0.2) is 17.9 Å². The Morgan fingerprint density at radius 3 is 2.62 bits per heavy atom. The molecule has 0 amide bonds. The van der Waals surface area contributed by atoms with Gasteiger partial charge in [0.05, 0.1) is 17.5 Å². The van der Waals surface area contributed by atoms with E-state index in [1.165, 1.54) is 20.0 Å². The molecule has 1 aromatic heterocycles. The Labute approximate surface area is 124 Å². The minimum absolute atomic E-state index is 0.00881. The number of anilines is 1. The van der Waals surface area contributed by atoms with Crippen molar-refractivity contribution in [1.29, 1.82) is 0 Å². The van der Waals surface area contributed by atoms with E-state index in [0.717, 1.165) is 10.9 Å². The number of nitrogens with one attached hydrogen (secondary N) is 1. The average molecular weight is 332 g/mol. The maximum Gasteiger partial charge on any atom is 0.336 e. The maximum absolute atomic E-state index is 12.3. The molecule has 0 aliphatic heterocycles. The van der Waals surface area contributed by atoms with Gasteiger partial charge in [0.15, 0.2) is 0 Å². The number of carboxylic acid groups (broad SMARTS) is 1. The molecule has 0 atom stereocenters. The molecule has 0 aliphatic carbocycles. The Hall–Kier alpha value is -2.20. The summed E-state index contributed by atoms with van der Waals surface area (Å²) in [5.41, 5.74) is -0.140. The number of tetrazole rings is 1. The van der Waals surface area contributed by atoms with Gasteiger partial charge in [-0.3, -0.25) is 0 Å². The van der Waals surface area contributed by atoms with Gasteiger partial charge in [-0.2, -0.15) is 4.80 Å². The van der Waals surface area contributed by atoms with Gasteiger partial charge in [0.1, 0.15) is 0 Å². The lowest BCUT2D eigenvalue weighted by molar-refractivity contribution is 0.0696. The summed E-state index contributed by atoms with van der Waals surface area (Å²) in [6.07, 6.45) is 0. The van der Waals surface area contributed by atoms with Crippen molar-refractivity contribution < 1.29 is 18.3 Å². The number of halogens is 1. The molecule has 0 spiro atoms. The number of rotatable bonds is 4. The van der Waals surface area contributed by atoms with Crippen LogP contribution >= 0.6 is 11.6 Å². The van der Waals surface area contributed by atoms with Crippen molar-refractivity contribution in [2.75, 3.05) is 4.72 Å². The Balaban J connectivity index is 2.52. The van der Waals surface area contributed by atoms with Crippen LogP contribution in [0.3, 0.4) is 0 Å². The fraction of sp³-hybridized carbons (Fsp3) is 0.200. The van der Waals surface area contributed by atoms with Crippen LogP contribution < -0.4 is 4.72 Å². The molecule has 0 unspecified atom stereocenters. The minimum atomic E-state index is -4.09. The van der Waals surface area contributed by atoms with Crippen molar-refractivity contribution >= 4 is 33.5 Å². The minimum Gasteiger partial charge on any atom is -0.478 e. The number of carbonyl (C=O) groups is 1. The summed E-state index contributed by atoms with van der Waals surface area (Å²) >= 11 is 5.78. The van der Waals surface area contributed by atoms with E-state index in [1.54, 1.807) is 0 Å². The number of carboxylic acids is 1. The van der Waals surface area contributed by atoms with Crippen LogP contribution in [0.5, 0.6) is 0 Å². The van der Waals surface area contributed by atoms with Gasteiger partial charge in [-0.05, 0) is 29.8 Å². The highest BCUT2D eigenvalue weighted by molar-refractivity contribution is 7.92. The summed E-state index contributed by atoms with van der Waals surface area (Å²) in [5, 5.41) is 19.7. The first-order chi connectivity index (χ1) is 9.70. The van der Waals surface area contributed by atoms with E-state index in [9.17, 15) is 13.2 Å². The molecule has 0 fully saturated rings. The van der Waals surface area contributed by atoms with Crippen molar-refractivity contribution in [3.63, 3.8) is 0 Å². The zero-order valence-corrected chi connectivity index (χ0v) is 12.5. The first kappa shape index (κ1) is 15.2. The van der Waals surface area contributed by atoms with E-state index >= 15 is 0 Å². The number of aromatic carboxylic acids is 1. The van der Waals surface area contributed by atoms with E-state index in [1.807, 2.05) is 0 Å². The molecule has 1 heterocycles. The molecule has 2 N–H and O–H groups in total. The summed E-state index contributed by atoms with van der Waals surface area (Å²) in [5.74, 6) is -1.50.